The summed E-state index contributed by atoms with van der Waals surface area (Å²) in [5.41, 5.74) is -0.183. The van der Waals surface area contributed by atoms with E-state index >= 15 is 0 Å². The Kier molecular flexibility index (Phi) is 2.12. The van der Waals surface area contributed by atoms with E-state index in [0.29, 0.717) is 5.75 Å². The molecule has 1 aliphatic heterocycles. The molecular formula is C9H8O6. The number of aliphatic carboxylic acids is 1. The summed E-state index contributed by atoms with van der Waals surface area (Å²) in [6, 6.07) is 2.69. The van der Waals surface area contributed by atoms with E-state index in [9.17, 15) is 15.0 Å². The maximum absolute atomic E-state index is 10.6. The van der Waals surface area contributed by atoms with Crippen LogP contribution in [0.1, 0.15) is 11.7 Å². The SMILES string of the molecule is O=C(O)C(O)c1c(O)ccc2c1OCO2. The van der Waals surface area contributed by atoms with E-state index in [1.807, 2.05) is 0 Å². The van der Waals surface area contributed by atoms with Crippen molar-refractivity contribution in [3.8, 4) is 17.2 Å². The van der Waals surface area contributed by atoms with Gasteiger partial charge in [-0.25, -0.2) is 4.79 Å². The molecule has 2 rings (SSSR count). The molecule has 0 spiro atoms. The third-order valence-corrected chi connectivity index (χ3v) is 2.06. The number of phenols is 1. The number of hydrogen-bond donors (Lipinski definition) is 3. The van der Waals surface area contributed by atoms with E-state index in [-0.39, 0.29) is 23.9 Å². The van der Waals surface area contributed by atoms with Gasteiger partial charge in [0.05, 0.1) is 5.56 Å². The summed E-state index contributed by atoms with van der Waals surface area (Å²) in [6.07, 6.45) is -1.83. The molecule has 1 atom stereocenters. The third kappa shape index (κ3) is 1.44. The summed E-state index contributed by atoms with van der Waals surface area (Å²) in [5.74, 6) is -1.42. The van der Waals surface area contributed by atoms with Crippen LogP contribution in [0.25, 0.3) is 0 Å². The lowest BCUT2D eigenvalue weighted by atomic mass is 10.1. The molecule has 0 saturated heterocycles. The Hall–Kier alpha value is -1.95. The molecule has 15 heavy (non-hydrogen) atoms. The number of hydrogen-bond acceptors (Lipinski definition) is 5. The molecule has 0 fully saturated rings. The van der Waals surface area contributed by atoms with Crippen molar-refractivity contribution in [3.05, 3.63) is 17.7 Å². The summed E-state index contributed by atoms with van der Waals surface area (Å²) in [4.78, 5) is 10.6. The van der Waals surface area contributed by atoms with Crippen molar-refractivity contribution in [1.29, 1.82) is 0 Å². The Morgan fingerprint density at radius 3 is 2.80 bits per heavy atom. The average Bonchev–Trinajstić information content (AvgIpc) is 2.64. The van der Waals surface area contributed by atoms with E-state index in [1.54, 1.807) is 0 Å². The summed E-state index contributed by atoms with van der Waals surface area (Å²) in [7, 11) is 0. The number of aromatic hydroxyl groups is 1. The van der Waals surface area contributed by atoms with Gasteiger partial charge in [0.15, 0.2) is 17.6 Å². The Morgan fingerprint density at radius 1 is 1.40 bits per heavy atom. The molecule has 80 valence electrons. The number of aliphatic hydroxyl groups is 1. The first-order chi connectivity index (χ1) is 7.11. The Labute approximate surface area is 84.3 Å². The zero-order valence-electron chi connectivity index (χ0n) is 7.51. The molecule has 3 N–H and O–H groups in total. The number of carbonyl (C=O) groups is 1. The van der Waals surface area contributed by atoms with Gasteiger partial charge in [-0.3, -0.25) is 0 Å². The van der Waals surface area contributed by atoms with Crippen molar-refractivity contribution < 1.29 is 29.6 Å². The van der Waals surface area contributed by atoms with E-state index in [2.05, 4.69) is 0 Å². The van der Waals surface area contributed by atoms with Crippen LogP contribution in [0.4, 0.5) is 0 Å². The quantitative estimate of drug-likeness (QED) is 0.649. The van der Waals surface area contributed by atoms with Gasteiger partial charge in [0.1, 0.15) is 5.75 Å². The third-order valence-electron chi connectivity index (χ3n) is 2.06. The minimum absolute atomic E-state index is 0.0574. The number of rotatable bonds is 2. The lowest BCUT2D eigenvalue weighted by Gasteiger charge is -2.10. The number of benzene rings is 1. The number of phenolic OH excluding ortho intramolecular Hbond substituents is 1. The zero-order valence-corrected chi connectivity index (χ0v) is 7.51. The fourth-order valence-electron chi connectivity index (χ4n) is 1.37. The predicted octanol–water partition coefficient (Wildman–Crippen LogP) is 0.239. The van der Waals surface area contributed by atoms with Gasteiger partial charge in [0.2, 0.25) is 6.79 Å². The Balaban J connectivity index is 2.54. The molecular weight excluding hydrogens is 204 g/mol. The van der Waals surface area contributed by atoms with Gasteiger partial charge in [0.25, 0.3) is 0 Å². The second kappa shape index (κ2) is 3.32. The maximum atomic E-state index is 10.6. The molecule has 6 heteroatoms. The zero-order chi connectivity index (χ0) is 11.0. The number of fused-ring (bicyclic) bond motifs is 1. The molecule has 1 unspecified atom stereocenters. The Morgan fingerprint density at radius 2 is 2.13 bits per heavy atom. The van der Waals surface area contributed by atoms with Crippen LogP contribution in [0.15, 0.2) is 12.1 Å². The van der Waals surface area contributed by atoms with Gasteiger partial charge >= 0.3 is 5.97 Å². The summed E-state index contributed by atoms with van der Waals surface area (Å²) < 4.78 is 9.96. The first-order valence-electron chi connectivity index (χ1n) is 4.13. The number of aliphatic hydroxyl groups excluding tert-OH is 1. The first kappa shape index (κ1) is 9.60. The number of carboxylic acid groups (broad SMARTS) is 1. The van der Waals surface area contributed by atoms with Crippen molar-refractivity contribution in [2.24, 2.45) is 0 Å². The van der Waals surface area contributed by atoms with Crippen molar-refractivity contribution in [2.45, 2.75) is 6.10 Å². The van der Waals surface area contributed by atoms with Crippen LogP contribution in [-0.4, -0.2) is 28.1 Å². The highest BCUT2D eigenvalue weighted by Crippen LogP contribution is 2.43. The highest BCUT2D eigenvalue weighted by atomic mass is 16.7. The van der Waals surface area contributed by atoms with Crippen LogP contribution in [0.5, 0.6) is 17.2 Å². The summed E-state index contributed by atoms with van der Waals surface area (Å²) in [5, 5.41) is 27.4. The second-order valence-corrected chi connectivity index (χ2v) is 2.97. The molecule has 0 amide bonds. The molecule has 6 nitrogen and oxygen atoms in total. The van der Waals surface area contributed by atoms with Crippen LogP contribution in [0, 0.1) is 0 Å². The second-order valence-electron chi connectivity index (χ2n) is 2.97. The molecule has 1 aromatic carbocycles. The largest absolute Gasteiger partial charge is 0.507 e. The van der Waals surface area contributed by atoms with Crippen molar-refractivity contribution in [2.75, 3.05) is 6.79 Å². The van der Waals surface area contributed by atoms with Gasteiger partial charge in [-0.05, 0) is 12.1 Å². The minimum atomic E-state index is -1.83. The summed E-state index contributed by atoms with van der Waals surface area (Å²) in [6.45, 7) is -0.0574. The molecule has 0 aromatic heterocycles. The van der Waals surface area contributed by atoms with Gasteiger partial charge in [-0.1, -0.05) is 0 Å². The van der Waals surface area contributed by atoms with Gasteiger partial charge in [-0.15, -0.1) is 0 Å². The first-order valence-corrected chi connectivity index (χ1v) is 4.13. The number of carboxylic acids is 1. The molecule has 0 aliphatic carbocycles. The standard InChI is InChI=1S/C9H8O6/c10-4-1-2-5-8(15-3-14-5)6(4)7(11)9(12)13/h1-2,7,10-11H,3H2,(H,12,13). The minimum Gasteiger partial charge on any atom is -0.507 e. The van der Waals surface area contributed by atoms with Crippen LogP contribution in [-0.2, 0) is 4.79 Å². The topological polar surface area (TPSA) is 96.2 Å². The monoisotopic (exact) mass is 212 g/mol. The molecule has 0 radical (unpaired) electrons. The Bertz CT molecular complexity index is 413. The van der Waals surface area contributed by atoms with Crippen molar-refractivity contribution >= 4 is 5.97 Å². The van der Waals surface area contributed by atoms with Crippen molar-refractivity contribution in [3.63, 3.8) is 0 Å². The lowest BCUT2D eigenvalue weighted by molar-refractivity contribution is -0.147. The van der Waals surface area contributed by atoms with Crippen LogP contribution in [0.3, 0.4) is 0 Å². The van der Waals surface area contributed by atoms with E-state index < -0.39 is 12.1 Å². The van der Waals surface area contributed by atoms with Crippen molar-refractivity contribution in [1.82, 2.24) is 0 Å². The normalized spacial score (nSPS) is 15.0. The van der Waals surface area contributed by atoms with Gasteiger partial charge in [-0.2, -0.15) is 0 Å². The van der Waals surface area contributed by atoms with E-state index in [0.717, 1.165) is 0 Å². The molecule has 1 aromatic rings. The maximum Gasteiger partial charge on any atom is 0.337 e. The fourth-order valence-corrected chi connectivity index (χ4v) is 1.37. The average molecular weight is 212 g/mol. The lowest BCUT2D eigenvalue weighted by Crippen LogP contribution is -2.11. The number of ether oxygens (including phenoxy) is 2. The van der Waals surface area contributed by atoms with Crippen LogP contribution >= 0.6 is 0 Å². The molecule has 0 bridgehead atoms. The highest BCUT2D eigenvalue weighted by molar-refractivity contribution is 5.77. The van der Waals surface area contributed by atoms with Gasteiger partial charge in [0, 0.05) is 0 Å². The smallest absolute Gasteiger partial charge is 0.337 e. The predicted molar refractivity (Wildman–Crippen MR) is 46.8 cm³/mol. The van der Waals surface area contributed by atoms with Crippen LogP contribution in [0.2, 0.25) is 0 Å². The van der Waals surface area contributed by atoms with E-state index in [1.165, 1.54) is 12.1 Å². The molecule has 1 heterocycles. The highest BCUT2D eigenvalue weighted by Gasteiger charge is 2.29. The molecule has 0 saturated carbocycles. The van der Waals surface area contributed by atoms with Crippen LogP contribution < -0.4 is 9.47 Å². The summed E-state index contributed by atoms with van der Waals surface area (Å²) >= 11 is 0. The molecule has 1 aliphatic rings. The fraction of sp³-hybridized carbons (Fsp3) is 0.222. The van der Waals surface area contributed by atoms with Gasteiger partial charge < -0.3 is 24.8 Å². The van der Waals surface area contributed by atoms with E-state index in [4.69, 9.17) is 14.6 Å².